The highest BCUT2D eigenvalue weighted by Crippen LogP contribution is 2.21. The fraction of sp³-hybridized carbons (Fsp3) is 0.227. The molecule has 0 aliphatic heterocycles. The summed E-state index contributed by atoms with van der Waals surface area (Å²) >= 11 is 0. The molecule has 3 aromatic heterocycles. The van der Waals surface area contributed by atoms with Crippen LogP contribution < -0.4 is 0 Å². The monoisotopic (exact) mass is 359 g/mol. The number of pyridine rings is 2. The van der Waals surface area contributed by atoms with Gasteiger partial charge in [-0.25, -0.2) is 4.98 Å². The molecule has 0 atom stereocenters. The third-order valence-electron chi connectivity index (χ3n) is 4.60. The number of carbonyl (C=O) groups excluding carboxylic acids is 1. The molecule has 5 heteroatoms. The summed E-state index contributed by atoms with van der Waals surface area (Å²) in [5, 5.41) is 1.97. The normalized spacial score (nSPS) is 11.1. The van der Waals surface area contributed by atoms with Crippen molar-refractivity contribution >= 4 is 27.8 Å². The Morgan fingerprint density at radius 1 is 1.11 bits per heavy atom. The molecule has 1 aromatic carbocycles. The van der Waals surface area contributed by atoms with E-state index < -0.39 is 0 Å². The van der Waals surface area contributed by atoms with Gasteiger partial charge < -0.3 is 9.32 Å². The molecule has 4 aromatic rings. The maximum absolute atomic E-state index is 13.1. The Labute approximate surface area is 157 Å². The highest BCUT2D eigenvalue weighted by atomic mass is 16.3. The summed E-state index contributed by atoms with van der Waals surface area (Å²) in [5.74, 6) is 0.702. The fourth-order valence-electron chi connectivity index (χ4n) is 3.15. The van der Waals surface area contributed by atoms with Crippen LogP contribution >= 0.6 is 0 Å². The Morgan fingerprint density at radius 3 is 2.85 bits per heavy atom. The van der Waals surface area contributed by atoms with Crippen LogP contribution in [0.3, 0.4) is 0 Å². The highest BCUT2D eigenvalue weighted by molar-refractivity contribution is 5.94. The van der Waals surface area contributed by atoms with Crippen molar-refractivity contribution in [1.82, 2.24) is 14.9 Å². The smallest absolute Gasteiger partial charge is 0.272 e. The van der Waals surface area contributed by atoms with Gasteiger partial charge >= 0.3 is 0 Å². The van der Waals surface area contributed by atoms with Gasteiger partial charge in [-0.2, -0.15) is 0 Å². The minimum absolute atomic E-state index is 0.0809. The molecule has 0 aliphatic rings. The molecule has 27 heavy (non-hydrogen) atoms. The van der Waals surface area contributed by atoms with Crippen LogP contribution in [0.1, 0.15) is 36.0 Å². The van der Waals surface area contributed by atoms with Crippen LogP contribution in [0.2, 0.25) is 0 Å². The van der Waals surface area contributed by atoms with Gasteiger partial charge in [-0.1, -0.05) is 31.5 Å². The van der Waals surface area contributed by atoms with Gasteiger partial charge in [0.25, 0.3) is 5.91 Å². The van der Waals surface area contributed by atoms with Crippen molar-refractivity contribution in [1.29, 1.82) is 0 Å². The molecule has 0 spiro atoms. The summed E-state index contributed by atoms with van der Waals surface area (Å²) in [5.41, 5.74) is 2.06. The minimum atomic E-state index is -0.0809. The maximum Gasteiger partial charge on any atom is 0.272 e. The van der Waals surface area contributed by atoms with E-state index in [-0.39, 0.29) is 5.91 Å². The van der Waals surface area contributed by atoms with E-state index in [0.29, 0.717) is 18.8 Å². The number of benzene rings is 1. The van der Waals surface area contributed by atoms with Gasteiger partial charge in [0.2, 0.25) is 0 Å². The lowest BCUT2D eigenvalue weighted by atomic mass is 10.2. The number of nitrogens with zero attached hydrogens (tertiary/aromatic N) is 3. The van der Waals surface area contributed by atoms with E-state index in [4.69, 9.17) is 4.42 Å². The summed E-state index contributed by atoms with van der Waals surface area (Å²) in [6.45, 7) is 3.22. The van der Waals surface area contributed by atoms with Crippen LogP contribution in [0.25, 0.3) is 21.9 Å². The molecule has 0 N–H and O–H groups in total. The molecule has 0 fully saturated rings. The summed E-state index contributed by atoms with van der Waals surface area (Å²) < 4.78 is 5.91. The number of amides is 1. The Balaban J connectivity index is 1.62. The fourth-order valence-corrected chi connectivity index (χ4v) is 3.15. The topological polar surface area (TPSA) is 59.2 Å². The van der Waals surface area contributed by atoms with Crippen molar-refractivity contribution in [2.45, 2.75) is 26.3 Å². The molecule has 4 rings (SSSR count). The van der Waals surface area contributed by atoms with Crippen LogP contribution in [-0.2, 0) is 6.54 Å². The molecule has 136 valence electrons. The Hall–Kier alpha value is -3.21. The van der Waals surface area contributed by atoms with Crippen LogP contribution in [-0.4, -0.2) is 27.3 Å². The van der Waals surface area contributed by atoms with Gasteiger partial charge in [-0.15, -0.1) is 0 Å². The molecule has 0 bridgehead atoms. The number of carbonyl (C=O) groups is 1. The minimum Gasteiger partial charge on any atom is -0.459 e. The van der Waals surface area contributed by atoms with Gasteiger partial charge in [-0.3, -0.25) is 9.78 Å². The Kier molecular flexibility index (Phi) is 4.83. The van der Waals surface area contributed by atoms with Crippen LogP contribution in [0, 0.1) is 0 Å². The molecule has 0 saturated carbocycles. The van der Waals surface area contributed by atoms with Gasteiger partial charge in [0, 0.05) is 29.7 Å². The zero-order valence-electron chi connectivity index (χ0n) is 15.3. The highest BCUT2D eigenvalue weighted by Gasteiger charge is 2.19. The number of fused-ring (bicyclic) bond motifs is 2. The van der Waals surface area contributed by atoms with E-state index in [1.165, 1.54) is 0 Å². The number of para-hydroxylation sites is 1. The predicted octanol–water partition coefficient (Wildman–Crippen LogP) is 4.82. The summed E-state index contributed by atoms with van der Waals surface area (Å²) in [7, 11) is 0. The lowest BCUT2D eigenvalue weighted by molar-refractivity contribution is 0.0724. The van der Waals surface area contributed by atoms with Crippen molar-refractivity contribution in [3.05, 3.63) is 72.4 Å². The quantitative estimate of drug-likeness (QED) is 0.495. The SMILES string of the molecule is CCCCN(Cc1cc2ccccc2o1)C(=O)c1ccc2cnccc2n1. The van der Waals surface area contributed by atoms with Gasteiger partial charge in [0.05, 0.1) is 12.1 Å². The summed E-state index contributed by atoms with van der Waals surface area (Å²) in [4.78, 5) is 23.6. The van der Waals surface area contributed by atoms with E-state index in [0.717, 1.165) is 40.5 Å². The average Bonchev–Trinajstić information content (AvgIpc) is 3.12. The van der Waals surface area contributed by atoms with Gasteiger partial charge in [0.15, 0.2) is 0 Å². The van der Waals surface area contributed by atoms with Gasteiger partial charge in [-0.05, 0) is 36.8 Å². The van der Waals surface area contributed by atoms with Crippen molar-refractivity contribution < 1.29 is 9.21 Å². The first-order valence-electron chi connectivity index (χ1n) is 9.22. The Morgan fingerprint density at radius 2 is 2.00 bits per heavy atom. The number of hydrogen-bond donors (Lipinski definition) is 0. The first-order chi connectivity index (χ1) is 13.2. The molecule has 3 heterocycles. The van der Waals surface area contributed by atoms with E-state index in [2.05, 4.69) is 16.9 Å². The third-order valence-corrected chi connectivity index (χ3v) is 4.60. The van der Waals surface area contributed by atoms with Gasteiger partial charge in [0.1, 0.15) is 17.0 Å². The molecule has 5 nitrogen and oxygen atoms in total. The largest absolute Gasteiger partial charge is 0.459 e. The second kappa shape index (κ2) is 7.58. The summed E-state index contributed by atoms with van der Waals surface area (Å²) in [6, 6.07) is 15.4. The van der Waals surface area contributed by atoms with E-state index in [1.54, 1.807) is 18.5 Å². The number of aromatic nitrogens is 2. The molecule has 0 radical (unpaired) electrons. The van der Waals surface area contributed by atoms with E-state index >= 15 is 0 Å². The molecule has 0 unspecified atom stereocenters. The van der Waals surface area contributed by atoms with Crippen molar-refractivity contribution in [3.63, 3.8) is 0 Å². The van der Waals surface area contributed by atoms with Crippen molar-refractivity contribution in [2.24, 2.45) is 0 Å². The standard InChI is InChI=1S/C22H21N3O2/c1-2-3-12-25(15-18-13-16-6-4-5-7-21(16)27-18)22(26)20-9-8-17-14-23-11-10-19(17)24-20/h4-11,13-14H,2-3,12,15H2,1H3. The molecule has 0 saturated heterocycles. The first kappa shape index (κ1) is 17.2. The predicted molar refractivity (Wildman–Crippen MR) is 105 cm³/mol. The van der Waals surface area contributed by atoms with E-state index in [9.17, 15) is 4.79 Å². The zero-order chi connectivity index (χ0) is 18.6. The molecular weight excluding hydrogens is 338 g/mol. The van der Waals surface area contributed by atoms with Crippen LogP contribution in [0.5, 0.6) is 0 Å². The lowest BCUT2D eigenvalue weighted by Crippen LogP contribution is -2.32. The number of rotatable bonds is 6. The number of furan rings is 1. The Bertz CT molecular complexity index is 1050. The lowest BCUT2D eigenvalue weighted by Gasteiger charge is -2.21. The van der Waals surface area contributed by atoms with Crippen molar-refractivity contribution in [2.75, 3.05) is 6.54 Å². The maximum atomic E-state index is 13.1. The second-order valence-electron chi connectivity index (χ2n) is 6.60. The molecule has 1 amide bonds. The number of hydrogen-bond acceptors (Lipinski definition) is 4. The molecular formula is C22H21N3O2. The van der Waals surface area contributed by atoms with Crippen LogP contribution in [0.15, 0.2) is 65.3 Å². The third kappa shape index (κ3) is 3.67. The molecule has 0 aliphatic carbocycles. The number of unbranched alkanes of at least 4 members (excludes halogenated alkanes) is 1. The second-order valence-corrected chi connectivity index (χ2v) is 6.60. The zero-order valence-corrected chi connectivity index (χ0v) is 15.3. The average molecular weight is 359 g/mol. The summed E-state index contributed by atoms with van der Waals surface area (Å²) in [6.07, 6.45) is 5.39. The van der Waals surface area contributed by atoms with Crippen molar-refractivity contribution in [3.8, 4) is 0 Å². The first-order valence-corrected chi connectivity index (χ1v) is 9.22. The van der Waals surface area contributed by atoms with Crippen LogP contribution in [0.4, 0.5) is 0 Å². The van der Waals surface area contributed by atoms with E-state index in [1.807, 2.05) is 47.4 Å².